The third-order valence-electron chi connectivity index (χ3n) is 8.30. The quantitative estimate of drug-likeness (QED) is 0.422. The molecule has 8 atom stereocenters. The molecule has 0 aromatic heterocycles. The smallest absolute Gasteiger partial charge is 0.216 e. The fraction of sp³-hybridized carbons (Fsp3) is 0.714. The van der Waals surface area contributed by atoms with Gasteiger partial charge in [0.25, 0.3) is 0 Å². The van der Waals surface area contributed by atoms with Crippen LogP contribution in [0.15, 0.2) is 34.9 Å². The van der Waals surface area contributed by atoms with Gasteiger partial charge in [0.1, 0.15) is 0 Å². The fourth-order valence-electron chi connectivity index (χ4n) is 6.78. The maximum absolute atomic E-state index is 12.4. The molecule has 4 unspecified atom stereocenters. The number of hydrogen-bond acceptors (Lipinski definition) is 4. The first-order valence-electron chi connectivity index (χ1n) is 11.4. The zero-order valence-corrected chi connectivity index (χ0v) is 18.5. The highest BCUT2D eigenvalue weighted by atomic mass is 32.2. The van der Waals surface area contributed by atoms with Crippen LogP contribution in [0.2, 0.25) is 0 Å². The summed E-state index contributed by atoms with van der Waals surface area (Å²) >= 11 is 1.04. The Hall–Kier alpha value is -0.230. The van der Waals surface area contributed by atoms with Crippen molar-refractivity contribution in [3.8, 4) is 0 Å². The van der Waals surface area contributed by atoms with E-state index in [0.717, 1.165) is 44.7 Å². The van der Waals surface area contributed by atoms with Crippen molar-refractivity contribution in [1.29, 1.82) is 2.67 Å². The second-order valence-corrected chi connectivity index (χ2v) is 11.0. The number of rotatable bonds is 5. The summed E-state index contributed by atoms with van der Waals surface area (Å²) in [4.78, 5) is 0. The van der Waals surface area contributed by atoms with E-state index in [-0.39, 0.29) is 28.3 Å². The average Bonchev–Trinajstić information content (AvgIpc) is 3.00. The molecule has 3 fully saturated rings. The standard InChI is InChI=1S/C21H30B2O3S2/c1-4-15-18(24)11-17-14-6-5-12-9-13(28(23)25)10-19(26-27-22)21(12,3)16(14)7-8-20(15,17)2/h4-6,13,16-19,22-24H,7-11H2,1-3H3/t13-,16?,17?,18?,19+,20-,21+,28?/m1/s1/i22T,23T. The second kappa shape index (κ2) is 7.47. The lowest BCUT2D eigenvalue weighted by Gasteiger charge is -2.56. The molecule has 4 rings (SSSR count). The topological polar surface area (TPSA) is 46.5 Å². The lowest BCUT2D eigenvalue weighted by molar-refractivity contribution is 0.0168. The molecule has 3 nitrogen and oxygen atoms in total. The minimum absolute atomic E-state index is 0.0111. The van der Waals surface area contributed by atoms with Crippen LogP contribution < -0.4 is 0 Å². The predicted molar refractivity (Wildman–Crippen MR) is 121 cm³/mol. The van der Waals surface area contributed by atoms with Gasteiger partial charge in [0, 0.05) is 10.7 Å². The van der Waals surface area contributed by atoms with Crippen LogP contribution >= 0.6 is 11.9 Å². The molecular formula is C21H30B2O3S2. The van der Waals surface area contributed by atoms with Crippen molar-refractivity contribution in [2.45, 2.75) is 70.3 Å². The maximum Gasteiger partial charge on any atom is 0.216 e. The van der Waals surface area contributed by atoms with E-state index in [9.17, 15) is 9.32 Å². The summed E-state index contributed by atoms with van der Waals surface area (Å²) in [5.74, 6) is 0.654. The molecular weight excluding hydrogens is 386 g/mol. The molecule has 0 spiro atoms. The van der Waals surface area contributed by atoms with Crippen molar-refractivity contribution in [1.82, 2.24) is 0 Å². The van der Waals surface area contributed by atoms with Crippen LogP contribution in [0.1, 0.15) is 52.9 Å². The minimum Gasteiger partial charge on any atom is -0.389 e. The molecule has 0 aromatic rings. The summed E-state index contributed by atoms with van der Waals surface area (Å²) in [6, 6.07) is 0. The van der Waals surface area contributed by atoms with Gasteiger partial charge >= 0.3 is 0 Å². The van der Waals surface area contributed by atoms with Gasteiger partial charge in [-0.05, 0) is 75.2 Å². The summed E-state index contributed by atoms with van der Waals surface area (Å²) in [5, 5.41) is 10.6. The number of hydrogen-bond donors (Lipinski definition) is 1. The van der Waals surface area contributed by atoms with Gasteiger partial charge in [0.05, 0.1) is 12.2 Å². The summed E-state index contributed by atoms with van der Waals surface area (Å²) in [7, 11) is 0.935. The van der Waals surface area contributed by atoms with Crippen molar-refractivity contribution in [3.05, 3.63) is 34.9 Å². The molecule has 0 amide bonds. The average molecular weight is 420 g/mol. The molecule has 3 saturated carbocycles. The van der Waals surface area contributed by atoms with Crippen LogP contribution in [-0.2, 0) is 14.8 Å². The van der Waals surface area contributed by atoms with Crippen LogP contribution in [-0.4, -0.2) is 43.6 Å². The van der Waals surface area contributed by atoms with Gasteiger partial charge in [-0.15, -0.1) is 0 Å². The van der Waals surface area contributed by atoms with Gasteiger partial charge in [-0.3, -0.25) is 4.21 Å². The van der Waals surface area contributed by atoms with E-state index in [1.807, 2.05) is 6.92 Å². The van der Waals surface area contributed by atoms with E-state index >= 15 is 0 Å². The van der Waals surface area contributed by atoms with Crippen LogP contribution in [0, 0.1) is 22.7 Å². The Labute approximate surface area is 180 Å². The molecule has 7 heteroatoms. The first kappa shape index (κ1) is 18.5. The molecule has 0 aliphatic heterocycles. The second-order valence-electron chi connectivity index (χ2n) is 9.27. The van der Waals surface area contributed by atoms with E-state index in [4.69, 9.17) is 6.85 Å². The van der Waals surface area contributed by atoms with Crippen molar-refractivity contribution >= 4 is 36.7 Å². The molecule has 1 N–H and O–H groups in total. The maximum atomic E-state index is 12.4. The summed E-state index contributed by atoms with van der Waals surface area (Å²) < 4.78 is 33.4. The number of aliphatic hydroxyl groups excluding tert-OH is 1. The Kier molecular flexibility index (Phi) is 4.95. The minimum atomic E-state index is -1.31. The molecule has 2 radical (unpaired) electrons. The Morgan fingerprint density at radius 2 is 2.21 bits per heavy atom. The molecule has 150 valence electrons. The molecule has 28 heavy (non-hydrogen) atoms. The number of allylic oxidation sites excluding steroid dienone is 4. The van der Waals surface area contributed by atoms with Crippen molar-refractivity contribution in [2.75, 3.05) is 0 Å². The fourth-order valence-corrected chi connectivity index (χ4v) is 7.90. The van der Waals surface area contributed by atoms with Gasteiger partial charge in [-0.2, -0.15) is 0 Å². The summed E-state index contributed by atoms with van der Waals surface area (Å²) in [6.45, 7) is 6.63. The third kappa shape index (κ3) is 2.91. The first-order chi connectivity index (χ1) is 14.3. The number of aliphatic hydroxyl groups is 1. The monoisotopic (exact) mass is 420 g/mol. The van der Waals surface area contributed by atoms with Crippen molar-refractivity contribution in [3.63, 3.8) is 0 Å². The Morgan fingerprint density at radius 3 is 2.93 bits per heavy atom. The summed E-state index contributed by atoms with van der Waals surface area (Å²) in [6.07, 6.45) is 10.3. The summed E-state index contributed by atoms with van der Waals surface area (Å²) in [5.41, 5.74) is 3.66. The zero-order valence-electron chi connectivity index (χ0n) is 18.9. The highest BCUT2D eigenvalue weighted by Crippen LogP contribution is 2.65. The molecule has 0 aromatic carbocycles. The van der Waals surface area contributed by atoms with Gasteiger partial charge in [-0.1, -0.05) is 55.1 Å². The van der Waals surface area contributed by atoms with E-state index in [2.05, 4.69) is 32.1 Å². The molecule has 4 aliphatic rings. The Morgan fingerprint density at radius 1 is 1.39 bits per heavy atom. The highest BCUT2D eigenvalue weighted by Gasteiger charge is 2.59. The van der Waals surface area contributed by atoms with Crippen LogP contribution in [0.3, 0.4) is 0 Å². The van der Waals surface area contributed by atoms with E-state index in [0.29, 0.717) is 18.3 Å². The Bertz CT molecular complexity index is 820. The lowest BCUT2D eigenvalue weighted by atomic mass is 9.50. The highest BCUT2D eigenvalue weighted by molar-refractivity contribution is 8.15. The van der Waals surface area contributed by atoms with Gasteiger partial charge in [0.15, 0.2) is 0 Å². The molecule has 0 heterocycles. The number of fused-ring (bicyclic) bond motifs is 5. The van der Waals surface area contributed by atoms with Crippen molar-refractivity contribution in [2.24, 2.45) is 22.7 Å². The van der Waals surface area contributed by atoms with E-state index in [1.165, 1.54) is 23.8 Å². The van der Waals surface area contributed by atoms with Gasteiger partial charge < -0.3 is 9.29 Å². The van der Waals surface area contributed by atoms with E-state index in [1.54, 1.807) is 0 Å². The van der Waals surface area contributed by atoms with Gasteiger partial charge in [-0.25, -0.2) is 0 Å². The molecule has 0 saturated heterocycles. The van der Waals surface area contributed by atoms with E-state index < -0.39 is 10.7 Å². The lowest BCUT2D eigenvalue weighted by Crippen LogP contribution is -2.52. The largest absolute Gasteiger partial charge is 0.389 e. The first-order valence-corrected chi connectivity index (χ1v) is 12.3. The third-order valence-corrected chi connectivity index (χ3v) is 9.66. The van der Waals surface area contributed by atoms with Crippen LogP contribution in [0.25, 0.3) is 0 Å². The van der Waals surface area contributed by atoms with Gasteiger partial charge in [0.2, 0.25) is 14.2 Å². The Balaban J connectivity index is 1.74. The zero-order chi connectivity index (χ0) is 21.7. The molecule has 4 aliphatic carbocycles. The normalized spacial score (nSPS) is 48.3. The SMILES string of the molecule is [3H][B]SO[C@H]1C[C@H](S(=O)[B][3H])CC2=CC=C3C(CC[C@]4(C)C(=CC)C(O)CC34)[C@]21C. The predicted octanol–water partition coefficient (Wildman–Crippen LogP) is 3.18. The molecule has 0 bridgehead atoms. The van der Waals surface area contributed by atoms with Crippen LogP contribution in [0.4, 0.5) is 0 Å². The van der Waals surface area contributed by atoms with Crippen LogP contribution in [0.5, 0.6) is 0 Å². The van der Waals surface area contributed by atoms with Crippen molar-refractivity contribution < 1.29 is 13.5 Å².